The van der Waals surface area contributed by atoms with Gasteiger partial charge in [0.2, 0.25) is 0 Å². The number of amides is 1. The Labute approximate surface area is 180 Å². The number of rotatable bonds is 9. The Kier molecular flexibility index (Phi) is 7.11. The summed E-state index contributed by atoms with van der Waals surface area (Å²) in [4.78, 5) is 23.2. The molecule has 3 rings (SSSR count). The number of carbonyl (C=O) groups excluding carboxylic acids is 1. The molecule has 31 heavy (non-hydrogen) atoms. The highest BCUT2D eigenvalue weighted by Gasteiger charge is 2.13. The molecule has 3 aromatic carbocycles. The van der Waals surface area contributed by atoms with Crippen molar-refractivity contribution < 1.29 is 28.9 Å². The molecule has 0 radical (unpaired) electrons. The van der Waals surface area contributed by atoms with Crippen molar-refractivity contribution >= 4 is 11.9 Å². The number of aromatic carboxylic acids is 1. The Morgan fingerprint density at radius 3 is 2.19 bits per heavy atom. The van der Waals surface area contributed by atoms with Gasteiger partial charge in [-0.2, -0.15) is 0 Å². The van der Waals surface area contributed by atoms with Crippen molar-refractivity contribution in [2.45, 2.75) is 13.0 Å². The molecule has 0 aliphatic heterocycles. The van der Waals surface area contributed by atoms with Gasteiger partial charge in [0.15, 0.2) is 0 Å². The van der Waals surface area contributed by atoms with Crippen LogP contribution < -0.4 is 19.5 Å². The molecular weight excluding hydrogens is 398 g/mol. The van der Waals surface area contributed by atoms with E-state index in [9.17, 15) is 14.7 Å². The number of carbonyl (C=O) groups is 2. The van der Waals surface area contributed by atoms with E-state index in [1.54, 1.807) is 37.4 Å². The van der Waals surface area contributed by atoms with Gasteiger partial charge >= 0.3 is 5.97 Å². The predicted octanol–water partition coefficient (Wildman–Crippen LogP) is 4.38. The number of hydrogen-bond donors (Lipinski definition) is 2. The lowest BCUT2D eigenvalue weighted by Gasteiger charge is -2.17. The SMILES string of the molecule is CNC(=O)c1ccc(Oc2cc(O[C@@H](C)COc3ccccc3)cc(C(=O)O)c2)cc1. The zero-order chi connectivity index (χ0) is 22.2. The van der Waals surface area contributed by atoms with Gasteiger partial charge in [0.25, 0.3) is 5.91 Å². The molecule has 0 aliphatic rings. The molecule has 7 heteroatoms. The minimum absolute atomic E-state index is 0.0330. The molecule has 7 nitrogen and oxygen atoms in total. The van der Waals surface area contributed by atoms with E-state index in [0.29, 0.717) is 29.4 Å². The van der Waals surface area contributed by atoms with Crippen LogP contribution >= 0.6 is 0 Å². The van der Waals surface area contributed by atoms with E-state index in [0.717, 1.165) is 5.75 Å². The maximum atomic E-state index is 11.6. The third-order valence-electron chi connectivity index (χ3n) is 4.27. The van der Waals surface area contributed by atoms with Crippen molar-refractivity contribution in [3.8, 4) is 23.0 Å². The van der Waals surface area contributed by atoms with Crippen molar-refractivity contribution in [1.29, 1.82) is 0 Å². The van der Waals surface area contributed by atoms with Gasteiger partial charge in [-0.15, -0.1) is 0 Å². The topological polar surface area (TPSA) is 94.1 Å². The first-order valence-corrected chi connectivity index (χ1v) is 9.67. The fourth-order valence-corrected chi connectivity index (χ4v) is 2.77. The molecule has 0 fully saturated rings. The summed E-state index contributed by atoms with van der Waals surface area (Å²) >= 11 is 0. The van der Waals surface area contributed by atoms with Gasteiger partial charge in [0.05, 0.1) is 5.56 Å². The van der Waals surface area contributed by atoms with Crippen LogP contribution in [0.15, 0.2) is 72.8 Å². The highest BCUT2D eigenvalue weighted by Crippen LogP contribution is 2.28. The lowest BCUT2D eigenvalue weighted by atomic mass is 10.2. The fraction of sp³-hybridized carbons (Fsp3) is 0.167. The highest BCUT2D eigenvalue weighted by molar-refractivity contribution is 5.94. The van der Waals surface area contributed by atoms with Gasteiger partial charge < -0.3 is 24.6 Å². The van der Waals surface area contributed by atoms with Crippen LogP contribution in [0, 0.1) is 0 Å². The Balaban J connectivity index is 1.71. The molecule has 160 valence electrons. The first-order chi connectivity index (χ1) is 14.9. The molecule has 0 saturated carbocycles. The van der Waals surface area contributed by atoms with Gasteiger partial charge in [0, 0.05) is 18.7 Å². The Bertz CT molecular complexity index is 1030. The minimum atomic E-state index is -1.10. The lowest BCUT2D eigenvalue weighted by Crippen LogP contribution is -2.21. The summed E-state index contributed by atoms with van der Waals surface area (Å²) in [5, 5.41) is 12.0. The Morgan fingerprint density at radius 2 is 1.55 bits per heavy atom. The number of nitrogens with one attached hydrogen (secondary N) is 1. The molecule has 0 aromatic heterocycles. The number of para-hydroxylation sites is 1. The molecule has 0 spiro atoms. The van der Waals surface area contributed by atoms with Gasteiger partial charge in [-0.05, 0) is 55.5 Å². The van der Waals surface area contributed by atoms with Gasteiger partial charge in [-0.25, -0.2) is 4.79 Å². The van der Waals surface area contributed by atoms with Gasteiger partial charge in [-0.3, -0.25) is 4.79 Å². The smallest absolute Gasteiger partial charge is 0.335 e. The molecule has 1 atom stereocenters. The van der Waals surface area contributed by atoms with Gasteiger partial charge in [0.1, 0.15) is 35.7 Å². The summed E-state index contributed by atoms with van der Waals surface area (Å²) < 4.78 is 17.3. The largest absolute Gasteiger partial charge is 0.490 e. The average Bonchev–Trinajstić information content (AvgIpc) is 2.78. The van der Waals surface area contributed by atoms with E-state index in [2.05, 4.69) is 5.32 Å². The predicted molar refractivity (Wildman–Crippen MR) is 115 cm³/mol. The second kappa shape index (κ2) is 10.2. The first kappa shape index (κ1) is 21.7. The molecule has 3 aromatic rings. The number of carboxylic acids is 1. The van der Waals surface area contributed by atoms with E-state index in [1.165, 1.54) is 12.1 Å². The molecule has 0 aliphatic carbocycles. The van der Waals surface area contributed by atoms with Crippen molar-refractivity contribution in [1.82, 2.24) is 5.32 Å². The average molecular weight is 421 g/mol. The van der Waals surface area contributed by atoms with Crippen molar-refractivity contribution in [2.75, 3.05) is 13.7 Å². The normalized spacial score (nSPS) is 11.3. The molecule has 0 saturated heterocycles. The van der Waals surface area contributed by atoms with Crippen LogP contribution in [0.2, 0.25) is 0 Å². The number of ether oxygens (including phenoxy) is 3. The molecule has 2 N–H and O–H groups in total. The summed E-state index contributed by atoms with van der Waals surface area (Å²) in [6, 6.07) is 20.3. The van der Waals surface area contributed by atoms with Crippen LogP contribution in [0.5, 0.6) is 23.0 Å². The van der Waals surface area contributed by atoms with Crippen LogP contribution in [-0.2, 0) is 0 Å². The zero-order valence-electron chi connectivity index (χ0n) is 17.2. The van der Waals surface area contributed by atoms with Crippen molar-refractivity contribution in [3.05, 3.63) is 83.9 Å². The van der Waals surface area contributed by atoms with Crippen LogP contribution in [0.3, 0.4) is 0 Å². The highest BCUT2D eigenvalue weighted by atomic mass is 16.5. The van der Waals surface area contributed by atoms with E-state index in [1.807, 2.05) is 37.3 Å². The maximum Gasteiger partial charge on any atom is 0.335 e. The number of benzene rings is 3. The zero-order valence-corrected chi connectivity index (χ0v) is 17.2. The molecule has 1 amide bonds. The van der Waals surface area contributed by atoms with Crippen LogP contribution in [-0.4, -0.2) is 36.7 Å². The molecule has 0 bridgehead atoms. The summed E-state index contributed by atoms with van der Waals surface area (Å²) in [6.07, 6.45) is -0.330. The second-order valence-corrected chi connectivity index (χ2v) is 6.76. The number of carboxylic acid groups (broad SMARTS) is 1. The minimum Gasteiger partial charge on any atom is -0.490 e. The third kappa shape index (κ3) is 6.24. The van der Waals surface area contributed by atoms with Gasteiger partial charge in [-0.1, -0.05) is 18.2 Å². The van der Waals surface area contributed by atoms with E-state index < -0.39 is 5.97 Å². The summed E-state index contributed by atoms with van der Waals surface area (Å²) in [6.45, 7) is 2.12. The van der Waals surface area contributed by atoms with Crippen LogP contribution in [0.25, 0.3) is 0 Å². The van der Waals surface area contributed by atoms with E-state index >= 15 is 0 Å². The summed E-state index contributed by atoms with van der Waals surface area (Å²) in [5.41, 5.74) is 0.524. The van der Waals surface area contributed by atoms with Crippen molar-refractivity contribution in [2.24, 2.45) is 0 Å². The number of hydrogen-bond acceptors (Lipinski definition) is 5. The maximum absolute atomic E-state index is 11.6. The lowest BCUT2D eigenvalue weighted by molar-refractivity contribution is 0.0695. The molecular formula is C24H23NO6. The quantitative estimate of drug-likeness (QED) is 0.532. The standard InChI is InChI=1S/C24H23NO6/c1-16(15-29-19-6-4-3-5-7-19)30-21-12-18(24(27)28)13-22(14-21)31-20-10-8-17(9-11-20)23(26)25-2/h3-14,16H,15H2,1-2H3,(H,25,26)(H,27,28)/t16-/m0/s1. The monoisotopic (exact) mass is 421 g/mol. The third-order valence-corrected chi connectivity index (χ3v) is 4.27. The summed E-state index contributed by atoms with van der Waals surface area (Å²) in [7, 11) is 1.55. The Morgan fingerprint density at radius 1 is 0.871 bits per heavy atom. The van der Waals surface area contributed by atoms with E-state index in [4.69, 9.17) is 14.2 Å². The van der Waals surface area contributed by atoms with Crippen molar-refractivity contribution in [3.63, 3.8) is 0 Å². The molecule has 0 heterocycles. The molecule has 0 unspecified atom stereocenters. The van der Waals surface area contributed by atoms with E-state index in [-0.39, 0.29) is 17.6 Å². The fourth-order valence-electron chi connectivity index (χ4n) is 2.77. The second-order valence-electron chi connectivity index (χ2n) is 6.76. The first-order valence-electron chi connectivity index (χ1n) is 9.67. The summed E-state index contributed by atoms with van der Waals surface area (Å²) in [5.74, 6) is 0.531. The van der Waals surface area contributed by atoms with Crippen LogP contribution in [0.4, 0.5) is 0 Å². The Hall–Kier alpha value is -4.00. The van der Waals surface area contributed by atoms with Crippen LogP contribution in [0.1, 0.15) is 27.6 Å².